The molecule has 5 nitrogen and oxygen atoms in total. The molecule has 0 bridgehead atoms. The number of carbonyl (C=O) groups excluding carboxylic acids is 2. The number of carbonyl (C=O) groups is 2. The van der Waals surface area contributed by atoms with Crippen LogP contribution in [0.2, 0.25) is 0 Å². The fourth-order valence-electron chi connectivity index (χ4n) is 2.50. The van der Waals surface area contributed by atoms with E-state index in [1.807, 2.05) is 0 Å². The molecule has 2 N–H and O–H groups in total. The van der Waals surface area contributed by atoms with E-state index in [1.54, 1.807) is 17.9 Å². The van der Waals surface area contributed by atoms with Crippen LogP contribution in [0, 0.1) is 5.82 Å². The van der Waals surface area contributed by atoms with Crippen LogP contribution in [0.1, 0.15) is 31.7 Å². The molecule has 0 aromatic heterocycles. The average molecular weight is 308 g/mol. The predicted molar refractivity (Wildman–Crippen MR) is 81.0 cm³/mol. The Morgan fingerprint density at radius 1 is 1.45 bits per heavy atom. The number of rotatable bonds is 6. The highest BCUT2D eigenvalue weighted by Gasteiger charge is 2.24. The second-order valence-corrected chi connectivity index (χ2v) is 5.56. The lowest BCUT2D eigenvalue weighted by Gasteiger charge is -2.29. The third-order valence-electron chi connectivity index (χ3n) is 3.69. The SMILES string of the molecule is CC(O)CCNC(=O)CCN1C(=O)CCc2cc(F)ccc21. The maximum atomic E-state index is 13.2. The molecule has 1 aliphatic rings. The number of nitrogens with one attached hydrogen (secondary N) is 1. The number of amides is 2. The normalized spacial score (nSPS) is 15.4. The standard InChI is InChI=1S/C16H21FN2O3/c1-11(20)6-8-18-15(21)7-9-19-14-4-3-13(17)10-12(14)2-5-16(19)22/h3-4,10-11,20H,2,5-9H2,1H3,(H,18,21). The molecule has 1 heterocycles. The first kappa shape index (κ1) is 16.4. The number of aliphatic hydroxyl groups excluding tert-OH is 1. The van der Waals surface area contributed by atoms with Gasteiger partial charge in [-0.1, -0.05) is 0 Å². The molecule has 120 valence electrons. The molecule has 0 spiro atoms. The van der Waals surface area contributed by atoms with Crippen molar-refractivity contribution in [1.82, 2.24) is 5.32 Å². The van der Waals surface area contributed by atoms with Crippen molar-refractivity contribution in [2.45, 2.75) is 38.7 Å². The molecular weight excluding hydrogens is 287 g/mol. The molecule has 0 saturated carbocycles. The van der Waals surface area contributed by atoms with Crippen molar-refractivity contribution in [2.24, 2.45) is 0 Å². The van der Waals surface area contributed by atoms with E-state index < -0.39 is 6.10 Å². The van der Waals surface area contributed by atoms with Gasteiger partial charge >= 0.3 is 0 Å². The number of hydrogen-bond acceptors (Lipinski definition) is 3. The lowest BCUT2D eigenvalue weighted by Crippen LogP contribution is -2.38. The Morgan fingerprint density at radius 3 is 2.95 bits per heavy atom. The minimum absolute atomic E-state index is 0.0455. The minimum Gasteiger partial charge on any atom is -0.393 e. The Hall–Kier alpha value is -1.95. The van der Waals surface area contributed by atoms with Gasteiger partial charge in [0.05, 0.1) is 6.10 Å². The summed E-state index contributed by atoms with van der Waals surface area (Å²) in [6.07, 6.45) is 1.09. The van der Waals surface area contributed by atoms with Crippen LogP contribution in [-0.2, 0) is 16.0 Å². The molecule has 2 rings (SSSR count). The van der Waals surface area contributed by atoms with Gasteiger partial charge < -0.3 is 15.3 Å². The first-order chi connectivity index (χ1) is 10.5. The fraction of sp³-hybridized carbons (Fsp3) is 0.500. The first-order valence-electron chi connectivity index (χ1n) is 7.51. The predicted octanol–water partition coefficient (Wildman–Crippen LogP) is 1.38. The monoisotopic (exact) mass is 308 g/mol. The van der Waals surface area contributed by atoms with Crippen molar-refractivity contribution < 1.29 is 19.1 Å². The van der Waals surface area contributed by atoms with Gasteiger partial charge in [-0.15, -0.1) is 0 Å². The van der Waals surface area contributed by atoms with Crippen molar-refractivity contribution in [1.29, 1.82) is 0 Å². The molecule has 1 atom stereocenters. The number of halogens is 1. The first-order valence-corrected chi connectivity index (χ1v) is 7.51. The Balaban J connectivity index is 1.92. The zero-order valence-corrected chi connectivity index (χ0v) is 12.6. The maximum Gasteiger partial charge on any atom is 0.227 e. The van der Waals surface area contributed by atoms with E-state index in [1.165, 1.54) is 12.1 Å². The molecule has 22 heavy (non-hydrogen) atoms. The van der Waals surface area contributed by atoms with Gasteiger partial charge in [-0.3, -0.25) is 9.59 Å². The van der Waals surface area contributed by atoms with Crippen molar-refractivity contribution in [3.05, 3.63) is 29.6 Å². The Labute approximate surface area is 129 Å². The third-order valence-corrected chi connectivity index (χ3v) is 3.69. The molecule has 1 aromatic carbocycles. The molecule has 0 radical (unpaired) electrons. The highest BCUT2D eigenvalue weighted by molar-refractivity contribution is 5.97. The molecule has 0 aliphatic carbocycles. The second kappa shape index (κ2) is 7.35. The van der Waals surface area contributed by atoms with Gasteiger partial charge in [0.2, 0.25) is 11.8 Å². The van der Waals surface area contributed by atoms with E-state index in [0.717, 1.165) is 5.56 Å². The highest BCUT2D eigenvalue weighted by Crippen LogP contribution is 2.28. The van der Waals surface area contributed by atoms with E-state index in [-0.39, 0.29) is 30.6 Å². The van der Waals surface area contributed by atoms with Crippen LogP contribution >= 0.6 is 0 Å². The van der Waals surface area contributed by atoms with Crippen LogP contribution in [0.15, 0.2) is 18.2 Å². The minimum atomic E-state index is -0.453. The van der Waals surface area contributed by atoms with Gasteiger partial charge in [-0.25, -0.2) is 4.39 Å². The van der Waals surface area contributed by atoms with Gasteiger partial charge in [0.25, 0.3) is 0 Å². The number of anilines is 1. The number of fused-ring (bicyclic) bond motifs is 1. The number of aryl methyl sites for hydroxylation is 1. The quantitative estimate of drug-likeness (QED) is 0.834. The largest absolute Gasteiger partial charge is 0.393 e. The van der Waals surface area contributed by atoms with Crippen molar-refractivity contribution in [2.75, 3.05) is 18.0 Å². The van der Waals surface area contributed by atoms with Crippen LogP contribution in [0.5, 0.6) is 0 Å². The Bertz CT molecular complexity index is 560. The molecular formula is C16H21FN2O3. The summed E-state index contributed by atoms with van der Waals surface area (Å²) in [7, 11) is 0. The lowest BCUT2D eigenvalue weighted by molar-refractivity contribution is -0.121. The zero-order valence-electron chi connectivity index (χ0n) is 12.6. The molecule has 0 saturated heterocycles. The summed E-state index contributed by atoms with van der Waals surface area (Å²) in [5.41, 5.74) is 1.49. The summed E-state index contributed by atoms with van der Waals surface area (Å²) in [6.45, 7) is 2.35. The Kier molecular flexibility index (Phi) is 5.49. The van der Waals surface area contributed by atoms with E-state index in [9.17, 15) is 14.0 Å². The van der Waals surface area contributed by atoms with Gasteiger partial charge in [0, 0.05) is 31.6 Å². The maximum absolute atomic E-state index is 13.2. The second-order valence-electron chi connectivity index (χ2n) is 5.56. The Morgan fingerprint density at radius 2 is 2.23 bits per heavy atom. The molecule has 1 unspecified atom stereocenters. The summed E-state index contributed by atoms with van der Waals surface area (Å²) in [4.78, 5) is 25.3. The third kappa shape index (κ3) is 4.27. The summed E-state index contributed by atoms with van der Waals surface area (Å²) < 4.78 is 13.2. The van der Waals surface area contributed by atoms with Crippen molar-refractivity contribution in [3.8, 4) is 0 Å². The molecule has 1 aromatic rings. The van der Waals surface area contributed by atoms with Crippen LogP contribution < -0.4 is 10.2 Å². The highest BCUT2D eigenvalue weighted by atomic mass is 19.1. The molecule has 2 amide bonds. The van der Waals surface area contributed by atoms with E-state index >= 15 is 0 Å². The topological polar surface area (TPSA) is 69.6 Å². The van der Waals surface area contributed by atoms with Gasteiger partial charge in [0.15, 0.2) is 0 Å². The molecule has 0 fully saturated rings. The number of nitrogens with zero attached hydrogens (tertiary/aromatic N) is 1. The van der Waals surface area contributed by atoms with Gasteiger partial charge in [-0.05, 0) is 43.5 Å². The van der Waals surface area contributed by atoms with Crippen LogP contribution in [0.25, 0.3) is 0 Å². The van der Waals surface area contributed by atoms with Crippen LogP contribution in [0.3, 0.4) is 0 Å². The molecule has 1 aliphatic heterocycles. The van der Waals surface area contributed by atoms with Crippen molar-refractivity contribution >= 4 is 17.5 Å². The lowest BCUT2D eigenvalue weighted by atomic mass is 10.0. The van der Waals surface area contributed by atoms with E-state index in [4.69, 9.17) is 5.11 Å². The van der Waals surface area contributed by atoms with Crippen LogP contribution in [0.4, 0.5) is 10.1 Å². The average Bonchev–Trinajstić information content (AvgIpc) is 2.46. The van der Waals surface area contributed by atoms with Crippen LogP contribution in [-0.4, -0.2) is 36.1 Å². The summed E-state index contributed by atoms with van der Waals surface area (Å²) in [6, 6.07) is 4.36. The number of benzene rings is 1. The summed E-state index contributed by atoms with van der Waals surface area (Å²) >= 11 is 0. The summed E-state index contributed by atoms with van der Waals surface area (Å²) in [5.74, 6) is -0.525. The number of hydrogen-bond donors (Lipinski definition) is 2. The molecule has 6 heteroatoms. The summed E-state index contributed by atoms with van der Waals surface area (Å²) in [5, 5.41) is 11.8. The van der Waals surface area contributed by atoms with Crippen molar-refractivity contribution in [3.63, 3.8) is 0 Å². The zero-order chi connectivity index (χ0) is 16.1. The van der Waals surface area contributed by atoms with E-state index in [0.29, 0.717) is 31.5 Å². The number of aliphatic hydroxyl groups is 1. The smallest absolute Gasteiger partial charge is 0.227 e. The van der Waals surface area contributed by atoms with Gasteiger partial charge in [-0.2, -0.15) is 0 Å². The van der Waals surface area contributed by atoms with E-state index in [2.05, 4.69) is 5.32 Å². The fourth-order valence-corrected chi connectivity index (χ4v) is 2.50. The van der Waals surface area contributed by atoms with Gasteiger partial charge in [0.1, 0.15) is 5.82 Å².